The zero-order chi connectivity index (χ0) is 21.1. The maximum absolute atomic E-state index is 14.0. The summed E-state index contributed by atoms with van der Waals surface area (Å²) in [7, 11) is 1.52. The number of aromatic nitrogens is 2. The smallest absolute Gasteiger partial charge is 0.260 e. The third kappa shape index (κ3) is 3.63. The van der Waals surface area contributed by atoms with Gasteiger partial charge in [-0.25, -0.2) is 4.39 Å². The van der Waals surface area contributed by atoms with E-state index in [2.05, 4.69) is 9.97 Å². The van der Waals surface area contributed by atoms with Crippen LogP contribution in [0.5, 0.6) is 5.75 Å². The average molecular weight is 400 g/mol. The number of hydrogen-bond acceptors (Lipinski definition) is 4. The van der Waals surface area contributed by atoms with Gasteiger partial charge in [-0.15, -0.1) is 0 Å². The fourth-order valence-corrected chi connectivity index (χ4v) is 3.36. The van der Waals surface area contributed by atoms with E-state index in [-0.39, 0.29) is 5.56 Å². The highest BCUT2D eigenvalue weighted by Crippen LogP contribution is 2.30. The van der Waals surface area contributed by atoms with E-state index in [4.69, 9.17) is 4.74 Å². The molecule has 4 rings (SSSR count). The van der Waals surface area contributed by atoms with Gasteiger partial charge in [-0.3, -0.25) is 14.6 Å². The van der Waals surface area contributed by atoms with Crippen LogP contribution in [0.1, 0.15) is 15.9 Å². The number of pyridine rings is 2. The van der Waals surface area contributed by atoms with Crippen LogP contribution >= 0.6 is 0 Å². The molecule has 5 nitrogen and oxygen atoms in total. The van der Waals surface area contributed by atoms with Crippen molar-refractivity contribution in [1.29, 1.82) is 0 Å². The van der Waals surface area contributed by atoms with Crippen molar-refractivity contribution in [2.45, 2.75) is 0 Å². The maximum atomic E-state index is 14.0. The molecule has 0 fully saturated rings. The van der Waals surface area contributed by atoms with Gasteiger partial charge in [0.25, 0.3) is 5.56 Å². The van der Waals surface area contributed by atoms with Crippen LogP contribution in [-0.4, -0.2) is 22.9 Å². The summed E-state index contributed by atoms with van der Waals surface area (Å²) in [4.78, 5) is 32.7. The summed E-state index contributed by atoms with van der Waals surface area (Å²) in [5, 5.41) is 0.455. The molecule has 0 saturated heterocycles. The quantitative estimate of drug-likeness (QED) is 0.392. The van der Waals surface area contributed by atoms with Crippen molar-refractivity contribution in [2.75, 3.05) is 7.11 Å². The van der Waals surface area contributed by atoms with Crippen LogP contribution in [0.25, 0.3) is 28.1 Å². The highest BCUT2D eigenvalue weighted by molar-refractivity contribution is 6.15. The van der Waals surface area contributed by atoms with E-state index in [1.54, 1.807) is 42.7 Å². The van der Waals surface area contributed by atoms with E-state index in [1.807, 2.05) is 6.07 Å². The molecule has 0 aliphatic rings. The first-order valence-corrected chi connectivity index (χ1v) is 9.20. The van der Waals surface area contributed by atoms with Crippen LogP contribution < -0.4 is 10.3 Å². The molecular formula is C24H17FN2O3. The Labute approximate surface area is 171 Å². The zero-order valence-corrected chi connectivity index (χ0v) is 16.1. The van der Waals surface area contributed by atoms with Crippen molar-refractivity contribution in [3.63, 3.8) is 0 Å². The Bertz CT molecular complexity index is 1330. The normalized spacial score (nSPS) is 11.1. The van der Waals surface area contributed by atoms with Crippen molar-refractivity contribution in [3.05, 3.63) is 100 Å². The monoisotopic (exact) mass is 400 g/mol. The second-order valence-corrected chi connectivity index (χ2v) is 6.58. The number of benzene rings is 2. The van der Waals surface area contributed by atoms with Crippen molar-refractivity contribution in [3.8, 4) is 16.9 Å². The molecule has 30 heavy (non-hydrogen) atoms. The predicted molar refractivity (Wildman–Crippen MR) is 114 cm³/mol. The van der Waals surface area contributed by atoms with Gasteiger partial charge in [0, 0.05) is 34.4 Å². The number of aromatic amines is 1. The molecule has 0 aliphatic heterocycles. The van der Waals surface area contributed by atoms with E-state index in [0.29, 0.717) is 33.3 Å². The average Bonchev–Trinajstić information content (AvgIpc) is 2.77. The molecule has 0 radical (unpaired) electrons. The molecule has 6 heteroatoms. The molecular weight excluding hydrogens is 383 g/mol. The van der Waals surface area contributed by atoms with E-state index >= 15 is 0 Å². The minimum Gasteiger partial charge on any atom is -0.496 e. The number of halogens is 1. The molecule has 0 unspecified atom stereocenters. The Morgan fingerprint density at radius 1 is 1.13 bits per heavy atom. The molecule has 0 aliphatic carbocycles. The van der Waals surface area contributed by atoms with Gasteiger partial charge >= 0.3 is 0 Å². The van der Waals surface area contributed by atoms with Crippen molar-refractivity contribution >= 4 is 22.8 Å². The molecule has 0 bridgehead atoms. The molecule has 0 spiro atoms. The van der Waals surface area contributed by atoms with Gasteiger partial charge in [-0.05, 0) is 42.0 Å². The molecule has 0 amide bonds. The van der Waals surface area contributed by atoms with E-state index < -0.39 is 17.2 Å². The lowest BCUT2D eigenvalue weighted by Gasteiger charge is -2.11. The lowest BCUT2D eigenvalue weighted by molar-refractivity contribution is 0.104. The van der Waals surface area contributed by atoms with Crippen molar-refractivity contribution in [1.82, 2.24) is 9.97 Å². The fourth-order valence-electron chi connectivity index (χ4n) is 3.36. The summed E-state index contributed by atoms with van der Waals surface area (Å²) >= 11 is 0. The molecule has 0 atom stereocenters. The summed E-state index contributed by atoms with van der Waals surface area (Å²) in [6.45, 7) is 0. The van der Waals surface area contributed by atoms with Crippen molar-refractivity contribution < 1.29 is 13.9 Å². The fraction of sp³-hybridized carbons (Fsp3) is 0.0417. The molecule has 2 aromatic heterocycles. The van der Waals surface area contributed by atoms with Crippen LogP contribution in [0.3, 0.4) is 0 Å². The van der Waals surface area contributed by atoms with Crippen LogP contribution in [0.15, 0.2) is 77.9 Å². The van der Waals surface area contributed by atoms with Crippen LogP contribution in [0, 0.1) is 5.82 Å². The largest absolute Gasteiger partial charge is 0.496 e. The number of allylic oxidation sites excluding steroid dienone is 1. The molecule has 1 N–H and O–H groups in total. The third-order valence-electron chi connectivity index (χ3n) is 4.73. The second-order valence-electron chi connectivity index (χ2n) is 6.58. The number of hydrogen-bond donors (Lipinski definition) is 1. The van der Waals surface area contributed by atoms with Gasteiger partial charge in [-0.1, -0.05) is 30.3 Å². The SMILES string of the molecule is COc1ccncc1/C=C/C(=O)c1c(-c2ccccc2)c2cc(F)ccc2[nH]c1=O. The zero-order valence-electron chi connectivity index (χ0n) is 16.1. The van der Waals surface area contributed by atoms with Gasteiger partial charge in [0.1, 0.15) is 11.6 Å². The highest BCUT2D eigenvalue weighted by atomic mass is 19.1. The number of carbonyl (C=O) groups is 1. The van der Waals surface area contributed by atoms with Gasteiger partial charge in [-0.2, -0.15) is 0 Å². The Morgan fingerprint density at radius 2 is 1.93 bits per heavy atom. The number of carbonyl (C=O) groups excluding carboxylic acids is 1. The minimum absolute atomic E-state index is 0.0570. The minimum atomic E-state index is -0.541. The Kier molecular flexibility index (Phi) is 5.22. The topological polar surface area (TPSA) is 72.0 Å². The summed E-state index contributed by atoms with van der Waals surface area (Å²) in [6, 6.07) is 14.7. The summed E-state index contributed by atoms with van der Waals surface area (Å²) < 4.78 is 19.3. The number of ketones is 1. The Morgan fingerprint density at radius 3 is 2.70 bits per heavy atom. The molecule has 2 heterocycles. The molecule has 148 valence electrons. The van der Waals surface area contributed by atoms with E-state index in [1.165, 1.54) is 37.5 Å². The number of rotatable bonds is 5. The van der Waals surface area contributed by atoms with Gasteiger partial charge in [0.2, 0.25) is 0 Å². The van der Waals surface area contributed by atoms with Gasteiger partial charge < -0.3 is 9.72 Å². The first-order valence-electron chi connectivity index (χ1n) is 9.20. The van der Waals surface area contributed by atoms with E-state index in [0.717, 1.165) is 0 Å². The number of nitrogens with one attached hydrogen (secondary N) is 1. The first kappa shape index (κ1) is 19.3. The first-order chi connectivity index (χ1) is 14.6. The number of fused-ring (bicyclic) bond motifs is 1. The number of methoxy groups -OCH3 is 1. The van der Waals surface area contributed by atoms with Crippen molar-refractivity contribution in [2.24, 2.45) is 0 Å². The van der Waals surface area contributed by atoms with E-state index in [9.17, 15) is 14.0 Å². The van der Waals surface area contributed by atoms with Crippen LogP contribution in [0.2, 0.25) is 0 Å². The summed E-state index contributed by atoms with van der Waals surface area (Å²) in [5.74, 6) is -0.417. The number of H-pyrrole nitrogens is 1. The number of nitrogens with zero attached hydrogens (tertiary/aromatic N) is 1. The standard InChI is InChI=1S/C24H17FN2O3/c1-30-21-11-12-26-14-16(21)7-10-20(28)23-22(15-5-3-2-4-6-15)18-13-17(25)8-9-19(18)27-24(23)29/h2-14H,1H3,(H,27,29)/b10-7+. The predicted octanol–water partition coefficient (Wildman–Crippen LogP) is 4.63. The molecule has 4 aromatic rings. The molecule has 0 saturated carbocycles. The molecule has 2 aromatic carbocycles. The van der Waals surface area contributed by atoms with Crippen LogP contribution in [-0.2, 0) is 0 Å². The summed E-state index contributed by atoms with van der Waals surface area (Å²) in [6.07, 6.45) is 5.97. The lowest BCUT2D eigenvalue weighted by atomic mass is 9.94. The Balaban J connectivity index is 1.92. The second kappa shape index (κ2) is 8.13. The van der Waals surface area contributed by atoms with Gasteiger partial charge in [0.15, 0.2) is 5.78 Å². The van der Waals surface area contributed by atoms with Crippen LogP contribution in [0.4, 0.5) is 4.39 Å². The lowest BCUT2D eigenvalue weighted by Crippen LogP contribution is -2.18. The maximum Gasteiger partial charge on any atom is 0.260 e. The Hall–Kier alpha value is -4.06. The highest BCUT2D eigenvalue weighted by Gasteiger charge is 2.19. The summed E-state index contributed by atoms with van der Waals surface area (Å²) in [5.41, 5.74) is 1.49. The third-order valence-corrected chi connectivity index (χ3v) is 4.73. The van der Waals surface area contributed by atoms with Gasteiger partial charge in [0.05, 0.1) is 12.7 Å². The number of ether oxygens (including phenoxy) is 1.